The van der Waals surface area contributed by atoms with Gasteiger partial charge in [0.25, 0.3) is 0 Å². The van der Waals surface area contributed by atoms with Crippen LogP contribution in [-0.4, -0.2) is 57.7 Å². The number of piperidine rings is 1. The third-order valence-corrected chi connectivity index (χ3v) is 5.73. The van der Waals surface area contributed by atoms with Crippen LogP contribution < -0.4 is 4.31 Å². The number of hydrogen-bond acceptors (Lipinski definition) is 5. The zero-order valence-electron chi connectivity index (χ0n) is 15.0. The van der Waals surface area contributed by atoms with Gasteiger partial charge >= 0.3 is 5.97 Å². The molecule has 0 saturated carbocycles. The van der Waals surface area contributed by atoms with E-state index in [1.165, 1.54) is 26.2 Å². The van der Waals surface area contributed by atoms with E-state index in [9.17, 15) is 22.4 Å². The first-order chi connectivity index (χ1) is 12.1. The highest BCUT2D eigenvalue weighted by molar-refractivity contribution is 7.92. The highest BCUT2D eigenvalue weighted by Crippen LogP contribution is 2.24. The molecule has 0 radical (unpaired) electrons. The Balaban J connectivity index is 2.16. The molecule has 9 heteroatoms. The summed E-state index contributed by atoms with van der Waals surface area (Å²) in [5.74, 6) is -1.40. The number of rotatable bonds is 5. The summed E-state index contributed by atoms with van der Waals surface area (Å²) < 4.78 is 43.3. The molecule has 1 fully saturated rings. The monoisotopic (exact) mass is 386 g/mol. The quantitative estimate of drug-likeness (QED) is 0.714. The Morgan fingerprint density at radius 3 is 2.23 bits per heavy atom. The van der Waals surface area contributed by atoms with Gasteiger partial charge in [-0.25, -0.2) is 12.8 Å². The van der Waals surface area contributed by atoms with E-state index in [0.717, 1.165) is 22.7 Å². The van der Waals surface area contributed by atoms with E-state index in [2.05, 4.69) is 0 Å². The van der Waals surface area contributed by atoms with Crippen LogP contribution in [0.3, 0.4) is 0 Å². The van der Waals surface area contributed by atoms with Gasteiger partial charge in [0.2, 0.25) is 15.9 Å². The lowest BCUT2D eigenvalue weighted by atomic mass is 9.96. The van der Waals surface area contributed by atoms with Crippen molar-refractivity contribution in [3.05, 3.63) is 30.1 Å². The fourth-order valence-electron chi connectivity index (χ4n) is 3.16. The summed E-state index contributed by atoms with van der Waals surface area (Å²) in [6.45, 7) is 2.20. The lowest BCUT2D eigenvalue weighted by Gasteiger charge is -2.36. The van der Waals surface area contributed by atoms with Crippen LogP contribution in [0.1, 0.15) is 19.8 Å². The Labute approximate surface area is 152 Å². The van der Waals surface area contributed by atoms with Gasteiger partial charge in [0, 0.05) is 13.1 Å². The molecule has 1 aromatic carbocycles. The van der Waals surface area contributed by atoms with Crippen molar-refractivity contribution in [3.8, 4) is 0 Å². The first-order valence-corrected chi connectivity index (χ1v) is 10.1. The molecule has 2 rings (SSSR count). The van der Waals surface area contributed by atoms with Crippen molar-refractivity contribution in [3.63, 3.8) is 0 Å². The number of sulfonamides is 1. The molecule has 0 spiro atoms. The Morgan fingerprint density at radius 1 is 1.23 bits per heavy atom. The van der Waals surface area contributed by atoms with E-state index in [1.807, 2.05) is 0 Å². The summed E-state index contributed by atoms with van der Waals surface area (Å²) in [5.41, 5.74) is 0.221. The van der Waals surface area contributed by atoms with Crippen molar-refractivity contribution in [2.75, 3.05) is 30.8 Å². The minimum Gasteiger partial charge on any atom is -0.469 e. The maximum absolute atomic E-state index is 13.1. The number of ether oxygens (including phenoxy) is 1. The molecule has 1 aliphatic heterocycles. The van der Waals surface area contributed by atoms with Crippen LogP contribution in [0.4, 0.5) is 10.1 Å². The maximum atomic E-state index is 13.1. The molecule has 1 heterocycles. The number of nitrogens with zero attached hydrogens (tertiary/aromatic N) is 2. The van der Waals surface area contributed by atoms with Crippen LogP contribution in [0.2, 0.25) is 0 Å². The van der Waals surface area contributed by atoms with Gasteiger partial charge in [0.15, 0.2) is 0 Å². The van der Waals surface area contributed by atoms with Gasteiger partial charge < -0.3 is 9.64 Å². The molecule has 0 N–H and O–H groups in total. The summed E-state index contributed by atoms with van der Waals surface area (Å²) in [6, 6.07) is 3.96. The zero-order valence-corrected chi connectivity index (χ0v) is 15.8. The number of hydrogen-bond donors (Lipinski definition) is 0. The largest absolute Gasteiger partial charge is 0.469 e. The summed E-state index contributed by atoms with van der Waals surface area (Å²) >= 11 is 0. The van der Waals surface area contributed by atoms with Crippen LogP contribution in [0.15, 0.2) is 24.3 Å². The highest BCUT2D eigenvalue weighted by Gasteiger charge is 2.35. The minimum atomic E-state index is -3.75. The number of esters is 1. The number of methoxy groups -OCH3 is 1. The summed E-state index contributed by atoms with van der Waals surface area (Å²) in [6.07, 6.45) is 1.95. The van der Waals surface area contributed by atoms with Gasteiger partial charge in [0.1, 0.15) is 11.9 Å². The first kappa shape index (κ1) is 20.2. The lowest BCUT2D eigenvalue weighted by molar-refractivity contribution is -0.149. The van der Waals surface area contributed by atoms with Gasteiger partial charge in [0.05, 0.1) is 25.0 Å². The Morgan fingerprint density at radius 2 is 1.77 bits per heavy atom. The predicted octanol–water partition coefficient (Wildman–Crippen LogP) is 1.39. The fraction of sp³-hybridized carbons (Fsp3) is 0.529. The second kappa shape index (κ2) is 8.03. The number of carbonyl (C=O) groups is 2. The van der Waals surface area contributed by atoms with E-state index in [-0.39, 0.29) is 23.5 Å². The number of halogens is 1. The number of likely N-dealkylation sites (tertiary alicyclic amines) is 1. The number of anilines is 1. The normalized spacial score (nSPS) is 16.8. The molecule has 144 valence electrons. The van der Waals surface area contributed by atoms with Crippen molar-refractivity contribution in [2.45, 2.75) is 25.8 Å². The van der Waals surface area contributed by atoms with Gasteiger partial charge in [-0.05, 0) is 44.0 Å². The third-order valence-electron chi connectivity index (χ3n) is 4.49. The van der Waals surface area contributed by atoms with Gasteiger partial charge in [-0.3, -0.25) is 13.9 Å². The molecule has 0 unspecified atom stereocenters. The molecule has 0 aromatic heterocycles. The molecule has 1 saturated heterocycles. The molecule has 0 aliphatic carbocycles. The Bertz CT molecular complexity index is 758. The molecule has 0 bridgehead atoms. The van der Waals surface area contributed by atoms with Crippen molar-refractivity contribution >= 4 is 27.6 Å². The Kier molecular flexibility index (Phi) is 6.22. The van der Waals surface area contributed by atoms with E-state index in [4.69, 9.17) is 4.74 Å². The molecule has 1 aromatic rings. The summed E-state index contributed by atoms with van der Waals surface area (Å²) in [5, 5.41) is 0. The lowest BCUT2D eigenvalue weighted by Crippen LogP contribution is -2.51. The third kappa shape index (κ3) is 4.51. The zero-order chi connectivity index (χ0) is 19.5. The van der Waals surface area contributed by atoms with Crippen molar-refractivity contribution < 1.29 is 27.1 Å². The van der Waals surface area contributed by atoms with Crippen LogP contribution in [-0.2, 0) is 24.3 Å². The SMILES string of the molecule is COC(=O)C1CCN(C(=O)[C@H](C)N(c2ccc(F)cc2)S(C)(=O)=O)CC1. The van der Waals surface area contributed by atoms with Gasteiger partial charge in [-0.15, -0.1) is 0 Å². The fourth-order valence-corrected chi connectivity index (χ4v) is 4.33. The topological polar surface area (TPSA) is 84.0 Å². The van der Waals surface area contributed by atoms with E-state index >= 15 is 0 Å². The average molecular weight is 386 g/mol. The maximum Gasteiger partial charge on any atom is 0.308 e. The molecule has 1 aliphatic rings. The van der Waals surface area contributed by atoms with E-state index in [1.54, 1.807) is 4.90 Å². The second-order valence-corrected chi connectivity index (χ2v) is 8.19. The average Bonchev–Trinajstić information content (AvgIpc) is 2.61. The number of carbonyl (C=O) groups excluding carboxylic acids is 2. The van der Waals surface area contributed by atoms with E-state index in [0.29, 0.717) is 25.9 Å². The standard InChI is InChI=1S/C17H23FN2O5S/c1-12(16(21)19-10-8-13(9-11-19)17(22)25-2)20(26(3,23)24)15-6-4-14(18)5-7-15/h4-7,12-13H,8-11H2,1-3H3/t12-/m0/s1. The molecular formula is C17H23FN2O5S. The Hall–Kier alpha value is -2.16. The highest BCUT2D eigenvalue weighted by atomic mass is 32.2. The summed E-state index contributed by atoms with van der Waals surface area (Å²) in [7, 11) is -2.42. The molecule has 26 heavy (non-hydrogen) atoms. The van der Waals surface area contributed by atoms with Crippen LogP contribution in [0.25, 0.3) is 0 Å². The molecule has 1 amide bonds. The molecule has 7 nitrogen and oxygen atoms in total. The molecular weight excluding hydrogens is 363 g/mol. The molecule has 1 atom stereocenters. The van der Waals surface area contributed by atoms with Crippen LogP contribution in [0.5, 0.6) is 0 Å². The predicted molar refractivity (Wildman–Crippen MR) is 94.5 cm³/mol. The smallest absolute Gasteiger partial charge is 0.308 e. The van der Waals surface area contributed by atoms with Crippen LogP contribution in [0, 0.1) is 11.7 Å². The number of benzene rings is 1. The summed E-state index contributed by atoms with van der Waals surface area (Å²) in [4.78, 5) is 25.9. The first-order valence-electron chi connectivity index (χ1n) is 8.26. The van der Waals surface area contributed by atoms with Gasteiger partial charge in [-0.1, -0.05) is 0 Å². The van der Waals surface area contributed by atoms with Crippen molar-refractivity contribution in [1.82, 2.24) is 4.90 Å². The van der Waals surface area contributed by atoms with Crippen molar-refractivity contribution in [1.29, 1.82) is 0 Å². The van der Waals surface area contributed by atoms with Crippen molar-refractivity contribution in [2.24, 2.45) is 5.92 Å². The van der Waals surface area contributed by atoms with Crippen LogP contribution >= 0.6 is 0 Å². The minimum absolute atomic E-state index is 0.221. The second-order valence-electron chi connectivity index (χ2n) is 6.33. The van der Waals surface area contributed by atoms with Gasteiger partial charge in [-0.2, -0.15) is 0 Å². The number of amides is 1. The van der Waals surface area contributed by atoms with E-state index < -0.39 is 21.9 Å².